The van der Waals surface area contributed by atoms with Crippen LogP contribution in [-0.4, -0.2) is 12.5 Å². The summed E-state index contributed by atoms with van der Waals surface area (Å²) >= 11 is 0. The van der Waals surface area contributed by atoms with Crippen LogP contribution in [0.5, 0.6) is 0 Å². The monoisotopic (exact) mass is 277 g/mol. The fourth-order valence-electron chi connectivity index (χ4n) is 1.99. The van der Waals surface area contributed by atoms with Crippen molar-refractivity contribution in [3.05, 3.63) is 41.7 Å². The largest absolute Gasteiger partial charge is 0.352 e. The molecule has 0 fully saturated rings. The number of rotatable bonds is 8. The van der Waals surface area contributed by atoms with E-state index in [4.69, 9.17) is 0 Å². The predicted molar refractivity (Wildman–Crippen MR) is 81.7 cm³/mol. The number of halogens is 1. The van der Waals surface area contributed by atoms with Gasteiger partial charge < -0.3 is 5.32 Å². The topological polar surface area (TPSA) is 29.1 Å². The molecule has 0 aromatic heterocycles. The Hall–Kier alpha value is -1.64. The first-order valence-corrected chi connectivity index (χ1v) is 7.37. The molecule has 1 unspecified atom stereocenters. The highest BCUT2D eigenvalue weighted by molar-refractivity contribution is 5.91. The number of carbonyl (C=O) groups is 1. The highest BCUT2D eigenvalue weighted by atomic mass is 19.1. The number of unbranched alkanes of at least 4 members (excludes halogenated alkanes) is 1. The van der Waals surface area contributed by atoms with Gasteiger partial charge >= 0.3 is 0 Å². The lowest BCUT2D eigenvalue weighted by Crippen LogP contribution is -2.27. The summed E-state index contributed by atoms with van der Waals surface area (Å²) in [5.74, 6) is 0.190. The molecule has 20 heavy (non-hydrogen) atoms. The van der Waals surface area contributed by atoms with E-state index in [1.165, 1.54) is 31.1 Å². The maximum atomic E-state index is 12.7. The normalized spacial score (nSPS) is 12.6. The highest BCUT2D eigenvalue weighted by Crippen LogP contribution is 2.11. The van der Waals surface area contributed by atoms with E-state index >= 15 is 0 Å². The molecule has 0 spiro atoms. The second-order valence-electron chi connectivity index (χ2n) is 5.05. The summed E-state index contributed by atoms with van der Waals surface area (Å²) < 4.78 is 12.7. The van der Waals surface area contributed by atoms with Gasteiger partial charge in [0.1, 0.15) is 5.82 Å². The van der Waals surface area contributed by atoms with Crippen LogP contribution in [-0.2, 0) is 4.79 Å². The van der Waals surface area contributed by atoms with Gasteiger partial charge in [0, 0.05) is 12.6 Å². The van der Waals surface area contributed by atoms with E-state index < -0.39 is 0 Å². The molecule has 0 bridgehead atoms. The van der Waals surface area contributed by atoms with Crippen LogP contribution >= 0.6 is 0 Å². The standard InChI is InChI=1S/C17H24FNO/c1-3-5-6-14(4-2)13-19-17(20)12-9-15-7-10-16(18)11-8-15/h7-12,14H,3-6,13H2,1-2H3,(H,19,20). The molecule has 1 atom stereocenters. The van der Waals surface area contributed by atoms with Crippen LogP contribution in [0.15, 0.2) is 30.3 Å². The Labute approximate surface area is 121 Å². The Bertz CT molecular complexity index is 425. The van der Waals surface area contributed by atoms with Crippen LogP contribution in [0, 0.1) is 11.7 Å². The van der Waals surface area contributed by atoms with Crippen molar-refractivity contribution in [3.63, 3.8) is 0 Å². The fraction of sp³-hybridized carbons (Fsp3) is 0.471. The summed E-state index contributed by atoms with van der Waals surface area (Å²) in [4.78, 5) is 11.7. The van der Waals surface area contributed by atoms with Crippen molar-refractivity contribution in [1.82, 2.24) is 5.32 Å². The molecule has 0 radical (unpaired) electrons. The molecule has 0 aliphatic heterocycles. The van der Waals surface area contributed by atoms with Gasteiger partial charge in [0.15, 0.2) is 0 Å². The molecule has 0 saturated carbocycles. The molecule has 3 heteroatoms. The summed E-state index contributed by atoms with van der Waals surface area (Å²) in [5, 5.41) is 2.92. The SMILES string of the molecule is CCCCC(CC)CNC(=O)C=Cc1ccc(F)cc1. The Balaban J connectivity index is 2.37. The van der Waals surface area contributed by atoms with E-state index in [-0.39, 0.29) is 11.7 Å². The molecule has 0 heterocycles. The zero-order chi connectivity index (χ0) is 14.8. The van der Waals surface area contributed by atoms with E-state index in [1.54, 1.807) is 18.2 Å². The molecule has 0 aliphatic carbocycles. The van der Waals surface area contributed by atoms with Crippen molar-refractivity contribution in [2.45, 2.75) is 39.5 Å². The van der Waals surface area contributed by atoms with Crippen LogP contribution in [0.1, 0.15) is 45.1 Å². The van der Waals surface area contributed by atoms with Crippen LogP contribution in [0.2, 0.25) is 0 Å². The second-order valence-corrected chi connectivity index (χ2v) is 5.05. The van der Waals surface area contributed by atoms with Gasteiger partial charge in [-0.05, 0) is 36.1 Å². The zero-order valence-corrected chi connectivity index (χ0v) is 12.4. The number of nitrogens with one attached hydrogen (secondary N) is 1. The minimum Gasteiger partial charge on any atom is -0.352 e. The number of benzene rings is 1. The van der Waals surface area contributed by atoms with E-state index in [1.807, 2.05) is 0 Å². The lowest BCUT2D eigenvalue weighted by Gasteiger charge is -2.14. The Kier molecular flexibility index (Phi) is 7.63. The van der Waals surface area contributed by atoms with Gasteiger partial charge in [-0.1, -0.05) is 45.2 Å². The summed E-state index contributed by atoms with van der Waals surface area (Å²) in [6, 6.07) is 6.06. The smallest absolute Gasteiger partial charge is 0.244 e. The first kappa shape index (κ1) is 16.4. The molecular weight excluding hydrogens is 253 g/mol. The quantitative estimate of drug-likeness (QED) is 0.710. The fourth-order valence-corrected chi connectivity index (χ4v) is 1.99. The van der Waals surface area contributed by atoms with E-state index in [9.17, 15) is 9.18 Å². The van der Waals surface area contributed by atoms with Crippen LogP contribution in [0.3, 0.4) is 0 Å². The minimum atomic E-state index is -0.270. The molecule has 1 N–H and O–H groups in total. The highest BCUT2D eigenvalue weighted by Gasteiger charge is 2.06. The third-order valence-corrected chi connectivity index (χ3v) is 3.41. The van der Waals surface area contributed by atoms with Crippen molar-refractivity contribution in [1.29, 1.82) is 0 Å². The third kappa shape index (κ3) is 6.50. The molecular formula is C17H24FNO. The third-order valence-electron chi connectivity index (χ3n) is 3.41. The lowest BCUT2D eigenvalue weighted by atomic mass is 9.99. The molecule has 1 amide bonds. The van der Waals surface area contributed by atoms with Gasteiger partial charge in [-0.2, -0.15) is 0 Å². The average molecular weight is 277 g/mol. The molecule has 1 rings (SSSR count). The number of amides is 1. The average Bonchev–Trinajstić information content (AvgIpc) is 2.47. The number of carbonyl (C=O) groups excluding carboxylic acids is 1. The van der Waals surface area contributed by atoms with Gasteiger partial charge in [-0.3, -0.25) is 4.79 Å². The summed E-state index contributed by atoms with van der Waals surface area (Å²) in [7, 11) is 0. The van der Waals surface area contributed by atoms with Crippen molar-refractivity contribution in [2.24, 2.45) is 5.92 Å². The van der Waals surface area contributed by atoms with Crippen LogP contribution < -0.4 is 5.32 Å². The molecule has 0 aliphatic rings. The Morgan fingerprint density at radius 2 is 2.00 bits per heavy atom. The van der Waals surface area contributed by atoms with Gasteiger partial charge in [0.2, 0.25) is 5.91 Å². The number of hydrogen-bond donors (Lipinski definition) is 1. The van der Waals surface area contributed by atoms with Gasteiger partial charge in [-0.25, -0.2) is 4.39 Å². The van der Waals surface area contributed by atoms with Crippen molar-refractivity contribution in [2.75, 3.05) is 6.54 Å². The molecule has 2 nitrogen and oxygen atoms in total. The van der Waals surface area contributed by atoms with Gasteiger partial charge in [-0.15, -0.1) is 0 Å². The summed E-state index contributed by atoms with van der Waals surface area (Å²) in [6.45, 7) is 5.06. The number of hydrogen-bond acceptors (Lipinski definition) is 1. The molecule has 110 valence electrons. The summed E-state index contributed by atoms with van der Waals surface area (Å²) in [5.41, 5.74) is 0.819. The van der Waals surface area contributed by atoms with E-state index in [0.29, 0.717) is 5.92 Å². The lowest BCUT2D eigenvalue weighted by molar-refractivity contribution is -0.116. The van der Waals surface area contributed by atoms with E-state index in [2.05, 4.69) is 19.2 Å². The molecule has 1 aromatic rings. The maximum absolute atomic E-state index is 12.7. The van der Waals surface area contributed by atoms with Crippen molar-refractivity contribution >= 4 is 12.0 Å². The molecule has 0 saturated heterocycles. The first-order chi connectivity index (χ1) is 9.65. The Morgan fingerprint density at radius 3 is 2.60 bits per heavy atom. The van der Waals surface area contributed by atoms with Gasteiger partial charge in [0.05, 0.1) is 0 Å². The minimum absolute atomic E-state index is 0.0933. The first-order valence-electron chi connectivity index (χ1n) is 7.37. The predicted octanol–water partition coefficient (Wildman–Crippen LogP) is 4.17. The van der Waals surface area contributed by atoms with Crippen molar-refractivity contribution in [3.8, 4) is 0 Å². The zero-order valence-electron chi connectivity index (χ0n) is 12.4. The summed E-state index contributed by atoms with van der Waals surface area (Å²) in [6.07, 6.45) is 7.84. The van der Waals surface area contributed by atoms with Gasteiger partial charge in [0.25, 0.3) is 0 Å². The second kappa shape index (κ2) is 9.29. The van der Waals surface area contributed by atoms with E-state index in [0.717, 1.165) is 24.9 Å². The van der Waals surface area contributed by atoms with Crippen molar-refractivity contribution < 1.29 is 9.18 Å². The maximum Gasteiger partial charge on any atom is 0.244 e. The van der Waals surface area contributed by atoms with Crippen LogP contribution in [0.4, 0.5) is 4.39 Å². The molecule has 1 aromatic carbocycles. The van der Waals surface area contributed by atoms with Crippen LogP contribution in [0.25, 0.3) is 6.08 Å². The Morgan fingerprint density at radius 1 is 1.30 bits per heavy atom.